The Morgan fingerprint density at radius 3 is 2.74 bits per heavy atom. The van der Waals surface area contributed by atoms with E-state index < -0.39 is 11.0 Å². The van der Waals surface area contributed by atoms with Gasteiger partial charge in [0.1, 0.15) is 11.0 Å². The molecule has 0 amide bonds. The Labute approximate surface area is 172 Å². The molecule has 140 valence electrons. The molecule has 2 heterocycles. The van der Waals surface area contributed by atoms with Crippen LogP contribution in [0, 0.1) is 0 Å². The monoisotopic (exact) mass is 439 g/mol. The number of benzene rings is 1. The van der Waals surface area contributed by atoms with Crippen LogP contribution in [-0.4, -0.2) is 25.4 Å². The molecule has 1 unspecified atom stereocenters. The molecule has 27 heavy (non-hydrogen) atoms. The maximum absolute atomic E-state index is 11.6. The Morgan fingerprint density at radius 1 is 1.30 bits per heavy atom. The summed E-state index contributed by atoms with van der Waals surface area (Å²) < 4.78 is 14.4. The maximum atomic E-state index is 11.6. The molecule has 1 atom stereocenters. The van der Waals surface area contributed by atoms with Crippen LogP contribution in [0.15, 0.2) is 24.4 Å². The van der Waals surface area contributed by atoms with Crippen molar-refractivity contribution in [3.63, 3.8) is 0 Å². The second kappa shape index (κ2) is 7.35. The van der Waals surface area contributed by atoms with Gasteiger partial charge in [-0.25, -0.2) is 19.2 Å². The van der Waals surface area contributed by atoms with E-state index >= 15 is 0 Å². The van der Waals surface area contributed by atoms with Crippen molar-refractivity contribution in [2.45, 2.75) is 18.8 Å². The van der Waals surface area contributed by atoms with E-state index in [0.717, 1.165) is 22.7 Å². The molecule has 10 heteroatoms. The fourth-order valence-corrected chi connectivity index (χ4v) is 4.90. The number of thiazole rings is 1. The number of nitrogens with zero attached hydrogens (tertiary/aromatic N) is 3. The van der Waals surface area contributed by atoms with Crippen molar-refractivity contribution in [2.75, 3.05) is 16.7 Å². The summed E-state index contributed by atoms with van der Waals surface area (Å²) in [5.74, 6) is 0.668. The summed E-state index contributed by atoms with van der Waals surface area (Å²) in [5, 5.41) is 1.92. The number of hydrogen-bond donors (Lipinski definition) is 2. The first kappa shape index (κ1) is 18.6. The van der Waals surface area contributed by atoms with Crippen LogP contribution >= 0.6 is 34.5 Å². The predicted molar refractivity (Wildman–Crippen MR) is 113 cm³/mol. The largest absolute Gasteiger partial charge is 0.368 e. The van der Waals surface area contributed by atoms with Crippen LogP contribution in [0.1, 0.15) is 23.8 Å². The number of nitrogens with two attached hydrogens (primary N) is 1. The molecular formula is C17H15Cl2N5OS2. The summed E-state index contributed by atoms with van der Waals surface area (Å²) in [6, 6.07) is 5.20. The van der Waals surface area contributed by atoms with Gasteiger partial charge in [0.2, 0.25) is 5.95 Å². The highest BCUT2D eigenvalue weighted by Gasteiger charge is 2.30. The highest BCUT2D eigenvalue weighted by molar-refractivity contribution is 7.85. The van der Waals surface area contributed by atoms with Gasteiger partial charge in [-0.3, -0.25) is 0 Å². The molecule has 0 aliphatic heterocycles. The summed E-state index contributed by atoms with van der Waals surface area (Å²) in [6.07, 6.45) is 5.40. The molecule has 4 rings (SSSR count). The van der Waals surface area contributed by atoms with Crippen LogP contribution in [0.3, 0.4) is 0 Å². The lowest BCUT2D eigenvalue weighted by molar-refractivity contribution is 0.690. The number of anilines is 2. The number of hydrogen-bond acceptors (Lipinski definition) is 6. The third-order valence-electron chi connectivity index (χ3n) is 4.02. The molecule has 3 N–H and O–H groups in total. The molecule has 0 bridgehead atoms. The van der Waals surface area contributed by atoms with Gasteiger partial charge in [0.15, 0.2) is 0 Å². The molecule has 0 spiro atoms. The first-order valence-electron chi connectivity index (χ1n) is 8.11. The molecule has 0 saturated heterocycles. The van der Waals surface area contributed by atoms with Gasteiger partial charge < -0.3 is 10.5 Å². The van der Waals surface area contributed by atoms with Crippen molar-refractivity contribution in [3.8, 4) is 21.8 Å². The molecule has 2 aromatic heterocycles. The SMILES string of the molecule is CS(=O)Nc1cc(Cl)cc(-c2nc(C3CC3)sc2-c2ccnc(N)n2)c1Cl. The maximum Gasteiger partial charge on any atom is 0.220 e. The number of aromatic nitrogens is 3. The van der Waals surface area contributed by atoms with Gasteiger partial charge in [0, 0.05) is 29.0 Å². The molecule has 1 fully saturated rings. The zero-order valence-electron chi connectivity index (χ0n) is 14.2. The number of rotatable bonds is 5. The van der Waals surface area contributed by atoms with E-state index in [-0.39, 0.29) is 5.95 Å². The average Bonchev–Trinajstić information content (AvgIpc) is 3.36. The zero-order chi connectivity index (χ0) is 19.1. The lowest BCUT2D eigenvalue weighted by atomic mass is 10.1. The lowest BCUT2D eigenvalue weighted by Crippen LogP contribution is -2.02. The fraction of sp³-hybridized carbons (Fsp3) is 0.235. The van der Waals surface area contributed by atoms with E-state index in [1.165, 1.54) is 6.26 Å². The van der Waals surface area contributed by atoms with Crippen LogP contribution < -0.4 is 10.5 Å². The summed E-state index contributed by atoms with van der Waals surface area (Å²) in [5.41, 5.74) is 8.30. The number of nitrogens with one attached hydrogen (secondary N) is 1. The number of halogens is 2. The second-order valence-corrected chi connectivity index (χ2v) is 9.13. The van der Waals surface area contributed by atoms with Crippen LogP contribution in [0.25, 0.3) is 21.8 Å². The van der Waals surface area contributed by atoms with Crippen molar-refractivity contribution in [1.29, 1.82) is 0 Å². The van der Waals surface area contributed by atoms with Crippen LogP contribution in [0.5, 0.6) is 0 Å². The first-order chi connectivity index (χ1) is 12.9. The Morgan fingerprint density at radius 2 is 2.07 bits per heavy atom. The molecule has 1 aliphatic carbocycles. The van der Waals surface area contributed by atoms with Crippen molar-refractivity contribution in [2.24, 2.45) is 0 Å². The highest BCUT2D eigenvalue weighted by Crippen LogP contribution is 2.48. The van der Waals surface area contributed by atoms with Gasteiger partial charge in [-0.15, -0.1) is 11.3 Å². The first-order valence-corrected chi connectivity index (χ1v) is 11.2. The van der Waals surface area contributed by atoms with E-state index in [0.29, 0.717) is 38.6 Å². The van der Waals surface area contributed by atoms with Gasteiger partial charge in [-0.05, 0) is 31.0 Å². The van der Waals surface area contributed by atoms with Gasteiger partial charge in [0.25, 0.3) is 0 Å². The quantitative estimate of drug-likeness (QED) is 0.598. The third-order valence-corrected chi connectivity index (χ3v) is 6.40. The number of nitrogen functional groups attached to an aromatic ring is 1. The topological polar surface area (TPSA) is 93.8 Å². The standard InChI is InChI=1S/C17H15Cl2N5OS2/c1-27(25)24-12-7-9(18)6-10(13(12)19)14-15(11-4-5-21-17(20)22-11)26-16(23-14)8-2-3-8/h4-8,24H,2-3H2,1H3,(H2,20,21,22). The van der Waals surface area contributed by atoms with Crippen molar-refractivity contribution in [1.82, 2.24) is 15.0 Å². The second-order valence-electron chi connectivity index (χ2n) is 6.18. The minimum absolute atomic E-state index is 0.195. The van der Waals surface area contributed by atoms with Crippen molar-refractivity contribution >= 4 is 57.2 Å². The summed E-state index contributed by atoms with van der Waals surface area (Å²) in [4.78, 5) is 14.0. The van der Waals surface area contributed by atoms with E-state index in [2.05, 4.69) is 14.7 Å². The summed E-state index contributed by atoms with van der Waals surface area (Å²) in [7, 11) is -1.28. The molecule has 0 radical (unpaired) electrons. The Hall–Kier alpha value is -1.74. The molecule has 3 aromatic rings. The van der Waals surface area contributed by atoms with E-state index in [4.69, 9.17) is 33.9 Å². The van der Waals surface area contributed by atoms with Crippen molar-refractivity contribution < 1.29 is 4.21 Å². The van der Waals surface area contributed by atoms with Crippen LogP contribution in [0.2, 0.25) is 10.0 Å². The van der Waals surface area contributed by atoms with E-state index in [1.54, 1.807) is 35.7 Å². The third kappa shape index (κ3) is 3.94. The Kier molecular flexibility index (Phi) is 5.07. The summed E-state index contributed by atoms with van der Waals surface area (Å²) >= 11 is 14.5. The predicted octanol–water partition coefficient (Wildman–Crippen LogP) is 4.74. The fourth-order valence-electron chi connectivity index (χ4n) is 2.69. The summed E-state index contributed by atoms with van der Waals surface area (Å²) in [6.45, 7) is 0. The van der Waals surface area contributed by atoms with Gasteiger partial charge in [-0.2, -0.15) is 0 Å². The zero-order valence-corrected chi connectivity index (χ0v) is 17.3. The molecule has 1 aromatic carbocycles. The van der Waals surface area contributed by atoms with Crippen LogP contribution in [0.4, 0.5) is 11.6 Å². The lowest BCUT2D eigenvalue weighted by Gasteiger charge is -2.11. The highest BCUT2D eigenvalue weighted by atomic mass is 35.5. The van der Waals surface area contributed by atoms with Gasteiger partial charge in [0.05, 0.1) is 32.0 Å². The smallest absolute Gasteiger partial charge is 0.220 e. The van der Waals surface area contributed by atoms with Crippen LogP contribution in [-0.2, 0) is 11.0 Å². The minimum Gasteiger partial charge on any atom is -0.368 e. The minimum atomic E-state index is -1.28. The molecule has 1 saturated carbocycles. The Bertz CT molecular complexity index is 1050. The van der Waals surface area contributed by atoms with Gasteiger partial charge in [-0.1, -0.05) is 23.2 Å². The van der Waals surface area contributed by atoms with E-state index in [9.17, 15) is 4.21 Å². The average molecular weight is 440 g/mol. The van der Waals surface area contributed by atoms with Gasteiger partial charge >= 0.3 is 0 Å². The molecular weight excluding hydrogens is 425 g/mol. The molecule has 6 nitrogen and oxygen atoms in total. The van der Waals surface area contributed by atoms with E-state index in [1.807, 2.05) is 0 Å². The van der Waals surface area contributed by atoms with Crippen molar-refractivity contribution in [3.05, 3.63) is 39.4 Å². The normalized spacial score (nSPS) is 14.9. The molecule has 1 aliphatic rings. The Balaban J connectivity index is 1.91.